The molecule has 2 aromatic heterocycles. The largest absolute Gasteiger partial charge is 0.326 e. The van der Waals surface area contributed by atoms with E-state index in [-0.39, 0.29) is 23.4 Å². The van der Waals surface area contributed by atoms with Crippen molar-refractivity contribution in [2.45, 2.75) is 34.1 Å². The minimum Gasteiger partial charge on any atom is -0.295 e. The molecule has 0 radical (unpaired) electrons. The van der Waals surface area contributed by atoms with Gasteiger partial charge in [-0.05, 0) is 51.5 Å². The van der Waals surface area contributed by atoms with Gasteiger partial charge in [-0.3, -0.25) is 24.4 Å². The van der Waals surface area contributed by atoms with Crippen molar-refractivity contribution in [3.05, 3.63) is 79.4 Å². The molecule has 0 fully saturated rings. The molecule has 0 bridgehead atoms. The lowest BCUT2D eigenvalue weighted by Gasteiger charge is -2.11. The molecule has 1 aliphatic rings. The first-order valence-corrected chi connectivity index (χ1v) is 11.3. The summed E-state index contributed by atoms with van der Waals surface area (Å²) < 4.78 is 2.94. The molecule has 4 rings (SSSR count). The van der Waals surface area contributed by atoms with Gasteiger partial charge >= 0.3 is 5.91 Å². The Hall–Kier alpha value is -3.16. The summed E-state index contributed by atoms with van der Waals surface area (Å²) >= 11 is 12.2. The van der Waals surface area contributed by atoms with Crippen molar-refractivity contribution >= 4 is 46.3 Å². The molecule has 1 aliphatic heterocycles. The lowest BCUT2D eigenvalue weighted by Crippen LogP contribution is -2.40. The zero-order valence-corrected chi connectivity index (χ0v) is 20.2. The van der Waals surface area contributed by atoms with Crippen molar-refractivity contribution in [3.63, 3.8) is 0 Å². The number of benzene rings is 1. The van der Waals surface area contributed by atoms with Crippen LogP contribution in [0.1, 0.15) is 35.7 Å². The number of hydrogen-bond acceptors (Lipinski definition) is 3. The Kier molecular flexibility index (Phi) is 6.03. The molecule has 2 amide bonds. The highest BCUT2D eigenvalue weighted by Crippen LogP contribution is 2.30. The predicted octanol–water partition coefficient (Wildman–Crippen LogP) is 3.83. The van der Waals surface area contributed by atoms with Gasteiger partial charge in [0.1, 0.15) is 5.57 Å². The van der Waals surface area contributed by atoms with Crippen molar-refractivity contribution in [2.24, 2.45) is 0 Å². The predicted molar refractivity (Wildman–Crippen MR) is 127 cm³/mol. The van der Waals surface area contributed by atoms with Crippen LogP contribution in [-0.2, 0) is 9.59 Å². The summed E-state index contributed by atoms with van der Waals surface area (Å²) in [5.41, 5.74) is 2.73. The Bertz CT molecular complexity index is 1380. The van der Waals surface area contributed by atoms with Crippen LogP contribution < -0.4 is 10.1 Å². The highest BCUT2D eigenvalue weighted by molar-refractivity contribution is 6.44. The number of halogens is 2. The Morgan fingerprint density at radius 2 is 1.61 bits per heavy atom. The zero-order chi connectivity index (χ0) is 24.0. The first-order chi connectivity index (χ1) is 15.6. The number of hydrogen-bond donors (Lipinski definition) is 1. The molecular weight excluding hydrogens is 463 g/mol. The van der Waals surface area contributed by atoms with Gasteiger partial charge in [-0.25, -0.2) is 4.68 Å². The first-order valence-electron chi connectivity index (χ1n) is 10.5. The molecule has 0 unspecified atom stereocenters. The van der Waals surface area contributed by atoms with Crippen LogP contribution in [0.4, 0.5) is 0 Å². The Balaban J connectivity index is 1.99. The van der Waals surface area contributed by atoms with E-state index in [1.54, 1.807) is 42.1 Å². The van der Waals surface area contributed by atoms with Crippen molar-refractivity contribution in [1.29, 1.82) is 0 Å². The number of carbonyl (C=O) groups excluding carboxylic acids is 2. The molecular formula is C24H23Cl2N4O3+. The summed E-state index contributed by atoms with van der Waals surface area (Å²) in [6, 6.07) is 6.77. The van der Waals surface area contributed by atoms with E-state index in [1.807, 2.05) is 26.8 Å². The van der Waals surface area contributed by atoms with E-state index in [2.05, 4.69) is 5.10 Å². The van der Waals surface area contributed by atoms with E-state index in [4.69, 9.17) is 23.2 Å². The molecule has 0 saturated carbocycles. The second kappa shape index (κ2) is 8.65. The van der Waals surface area contributed by atoms with E-state index in [0.29, 0.717) is 27.8 Å². The van der Waals surface area contributed by atoms with E-state index in [1.165, 1.54) is 9.58 Å². The van der Waals surface area contributed by atoms with Crippen molar-refractivity contribution in [3.8, 4) is 5.69 Å². The standard InChI is InChI=1S/C24H22Cl2N4O3/c1-5-8-29-22(31)20(21(24(29)33)28-11-13(2)9-14(3)12-28)19-15(4)27-30(23(19)32)16-6-7-17(25)18(26)10-16/h6-7,9-12H,5,8H2,1-4H3/p+1. The summed E-state index contributed by atoms with van der Waals surface area (Å²) in [6.07, 6.45) is 4.17. The number of pyridine rings is 1. The van der Waals surface area contributed by atoms with Crippen molar-refractivity contribution in [2.75, 3.05) is 6.54 Å². The van der Waals surface area contributed by atoms with Crippen LogP contribution >= 0.6 is 23.2 Å². The van der Waals surface area contributed by atoms with E-state index >= 15 is 0 Å². The third-order valence-electron chi connectivity index (χ3n) is 5.47. The summed E-state index contributed by atoms with van der Waals surface area (Å²) in [5, 5.41) is 3.66. The number of aryl methyl sites for hydroxylation is 3. The number of imide groups is 1. The van der Waals surface area contributed by atoms with Gasteiger partial charge in [0.2, 0.25) is 0 Å². The molecule has 3 heterocycles. The number of carbonyl (C=O) groups is 2. The molecule has 9 heteroatoms. The maximum Gasteiger partial charge on any atom is 0.326 e. The van der Waals surface area contributed by atoms with Crippen LogP contribution in [0.15, 0.2) is 41.5 Å². The van der Waals surface area contributed by atoms with Crippen LogP contribution in [0.5, 0.6) is 0 Å². The number of nitrogens with zero attached hydrogens (tertiary/aromatic N) is 3. The quantitative estimate of drug-likeness (QED) is 0.440. The van der Waals surface area contributed by atoms with Crippen LogP contribution in [0.3, 0.4) is 0 Å². The lowest BCUT2D eigenvalue weighted by atomic mass is 10.1. The first kappa shape index (κ1) is 23.0. The molecule has 0 atom stereocenters. The van der Waals surface area contributed by atoms with E-state index in [9.17, 15) is 14.4 Å². The third-order valence-corrected chi connectivity index (χ3v) is 6.21. The number of H-pyrrole nitrogens is 1. The molecule has 7 nitrogen and oxygen atoms in total. The number of rotatable bonds is 5. The minimum absolute atomic E-state index is 0.0843. The monoisotopic (exact) mass is 485 g/mol. The van der Waals surface area contributed by atoms with Crippen LogP contribution in [0.2, 0.25) is 10.0 Å². The molecule has 0 spiro atoms. The smallest absolute Gasteiger partial charge is 0.295 e. The Morgan fingerprint density at radius 1 is 0.939 bits per heavy atom. The maximum atomic E-state index is 13.5. The lowest BCUT2D eigenvalue weighted by molar-refractivity contribution is -0.577. The fourth-order valence-electron chi connectivity index (χ4n) is 4.14. The molecule has 0 aliphatic carbocycles. The van der Waals surface area contributed by atoms with Gasteiger partial charge in [0, 0.05) is 23.4 Å². The van der Waals surface area contributed by atoms with Crippen LogP contribution in [0.25, 0.3) is 17.0 Å². The average Bonchev–Trinajstić information content (AvgIpc) is 3.16. The van der Waals surface area contributed by atoms with Gasteiger partial charge in [0.05, 0.1) is 21.3 Å². The molecule has 0 saturated heterocycles. The summed E-state index contributed by atoms with van der Waals surface area (Å²) in [6.45, 7) is 7.67. The normalized spacial score (nSPS) is 14.1. The number of aromatic amines is 1. The van der Waals surface area contributed by atoms with E-state index in [0.717, 1.165) is 11.1 Å². The molecule has 1 N–H and O–H groups in total. The van der Waals surface area contributed by atoms with Crippen LogP contribution in [-0.4, -0.2) is 33.0 Å². The molecule has 170 valence electrons. The van der Waals surface area contributed by atoms with Gasteiger partial charge in [0.25, 0.3) is 17.2 Å². The fourth-order valence-corrected chi connectivity index (χ4v) is 4.43. The van der Waals surface area contributed by atoms with Gasteiger partial charge in [0.15, 0.2) is 12.4 Å². The zero-order valence-electron chi connectivity index (χ0n) is 18.7. The van der Waals surface area contributed by atoms with Crippen molar-refractivity contribution < 1.29 is 14.2 Å². The van der Waals surface area contributed by atoms with Gasteiger partial charge in [-0.15, -0.1) is 0 Å². The Morgan fingerprint density at radius 3 is 2.21 bits per heavy atom. The van der Waals surface area contributed by atoms with Gasteiger partial charge in [-0.2, -0.15) is 4.57 Å². The topological polar surface area (TPSA) is 79.1 Å². The highest BCUT2D eigenvalue weighted by Gasteiger charge is 2.46. The highest BCUT2D eigenvalue weighted by atomic mass is 35.5. The SMILES string of the molecule is CCCN1C(=O)C(c2c(C)[nH]n(-c3ccc(Cl)c(Cl)c3)c2=O)=C([n+]2cc(C)cc(C)c2)C1=O. The van der Waals surface area contributed by atoms with Gasteiger partial charge < -0.3 is 0 Å². The van der Waals surface area contributed by atoms with E-state index < -0.39 is 17.4 Å². The number of amides is 2. The minimum atomic E-state index is -0.482. The summed E-state index contributed by atoms with van der Waals surface area (Å²) in [5.74, 6) is -0.906. The summed E-state index contributed by atoms with van der Waals surface area (Å²) in [4.78, 5) is 41.5. The van der Waals surface area contributed by atoms with Gasteiger partial charge in [-0.1, -0.05) is 30.1 Å². The number of aromatic nitrogens is 3. The maximum absolute atomic E-state index is 13.5. The Labute approximate surface area is 200 Å². The molecule has 1 aromatic carbocycles. The second-order valence-corrected chi connectivity index (χ2v) is 8.95. The second-order valence-electron chi connectivity index (χ2n) is 8.13. The van der Waals surface area contributed by atoms with Crippen LogP contribution in [0, 0.1) is 20.8 Å². The fraction of sp³-hybridized carbons (Fsp3) is 0.250. The summed E-state index contributed by atoms with van der Waals surface area (Å²) in [7, 11) is 0. The molecule has 3 aromatic rings. The van der Waals surface area contributed by atoms with Crippen molar-refractivity contribution in [1.82, 2.24) is 14.7 Å². The third kappa shape index (κ3) is 3.92. The molecule has 33 heavy (non-hydrogen) atoms. The average molecular weight is 486 g/mol. The number of nitrogens with one attached hydrogen (secondary N) is 1.